The van der Waals surface area contributed by atoms with Gasteiger partial charge in [-0.05, 0) is 50.1 Å². The Labute approximate surface area is 124 Å². The van der Waals surface area contributed by atoms with E-state index in [4.69, 9.17) is 10.2 Å². The lowest BCUT2D eigenvalue weighted by Crippen LogP contribution is -2.32. The van der Waals surface area contributed by atoms with E-state index < -0.39 is 10.0 Å². The molecule has 1 fully saturated rings. The molecule has 6 heteroatoms. The normalized spacial score (nSPS) is 15.5. The number of anilines is 1. The number of hydrogen-bond donors (Lipinski definition) is 1. The first-order valence-electron chi connectivity index (χ1n) is 6.89. The van der Waals surface area contributed by atoms with Crippen LogP contribution in [0.4, 0.5) is 5.69 Å². The standard InChI is InChI=1S/C15H18N2O3S/c1-11-5-8-14(20-11)10-17(13-6-7-13)21(18,19)15-4-2-3-12(16)9-15/h2-5,8-9,13H,6-7,10,16H2,1H3. The maximum atomic E-state index is 12.8. The van der Waals surface area contributed by atoms with E-state index in [9.17, 15) is 8.42 Å². The molecule has 0 saturated heterocycles. The quantitative estimate of drug-likeness (QED) is 0.861. The van der Waals surface area contributed by atoms with Crippen LogP contribution in [-0.4, -0.2) is 18.8 Å². The zero-order valence-corrected chi connectivity index (χ0v) is 12.6. The molecule has 3 rings (SSSR count). The first-order chi connectivity index (χ1) is 9.96. The molecule has 0 atom stereocenters. The minimum atomic E-state index is -3.56. The first-order valence-corrected chi connectivity index (χ1v) is 8.33. The van der Waals surface area contributed by atoms with Crippen molar-refractivity contribution >= 4 is 15.7 Å². The number of hydrogen-bond acceptors (Lipinski definition) is 4. The largest absolute Gasteiger partial charge is 0.465 e. The Kier molecular flexibility index (Phi) is 3.51. The van der Waals surface area contributed by atoms with E-state index >= 15 is 0 Å². The van der Waals surface area contributed by atoms with Crippen molar-refractivity contribution in [2.75, 3.05) is 5.73 Å². The lowest BCUT2D eigenvalue weighted by molar-refractivity contribution is 0.352. The third-order valence-electron chi connectivity index (χ3n) is 3.53. The number of sulfonamides is 1. The average molecular weight is 306 g/mol. The van der Waals surface area contributed by atoms with Gasteiger partial charge in [0.05, 0.1) is 11.4 Å². The topological polar surface area (TPSA) is 76.5 Å². The minimum Gasteiger partial charge on any atom is -0.465 e. The van der Waals surface area contributed by atoms with Gasteiger partial charge in [0, 0.05) is 11.7 Å². The highest BCUT2D eigenvalue weighted by atomic mass is 32.2. The fourth-order valence-electron chi connectivity index (χ4n) is 2.31. The third-order valence-corrected chi connectivity index (χ3v) is 5.42. The molecule has 0 radical (unpaired) electrons. The Morgan fingerprint density at radius 1 is 1.29 bits per heavy atom. The molecule has 1 aliphatic rings. The summed E-state index contributed by atoms with van der Waals surface area (Å²) in [5.41, 5.74) is 6.15. The molecule has 21 heavy (non-hydrogen) atoms. The lowest BCUT2D eigenvalue weighted by atomic mass is 10.3. The van der Waals surface area contributed by atoms with E-state index in [0.717, 1.165) is 18.6 Å². The van der Waals surface area contributed by atoms with E-state index in [1.165, 1.54) is 10.4 Å². The van der Waals surface area contributed by atoms with E-state index in [0.29, 0.717) is 11.4 Å². The van der Waals surface area contributed by atoms with Crippen molar-refractivity contribution in [2.45, 2.75) is 37.2 Å². The molecule has 0 amide bonds. The van der Waals surface area contributed by atoms with Crippen molar-refractivity contribution in [3.05, 3.63) is 47.9 Å². The van der Waals surface area contributed by atoms with E-state index in [-0.39, 0.29) is 17.5 Å². The molecule has 5 nitrogen and oxygen atoms in total. The summed E-state index contributed by atoms with van der Waals surface area (Å²) in [6.45, 7) is 2.10. The van der Waals surface area contributed by atoms with Gasteiger partial charge in [-0.25, -0.2) is 8.42 Å². The van der Waals surface area contributed by atoms with Crippen LogP contribution in [0.25, 0.3) is 0 Å². The van der Waals surface area contributed by atoms with Crippen LogP contribution in [-0.2, 0) is 16.6 Å². The van der Waals surface area contributed by atoms with Gasteiger partial charge in [0.15, 0.2) is 0 Å². The van der Waals surface area contributed by atoms with E-state index in [2.05, 4.69) is 0 Å². The van der Waals surface area contributed by atoms with Gasteiger partial charge in [-0.3, -0.25) is 0 Å². The second kappa shape index (κ2) is 5.20. The Balaban J connectivity index is 1.93. The number of nitrogens with two attached hydrogens (primary N) is 1. The van der Waals surface area contributed by atoms with Crippen LogP contribution in [0.2, 0.25) is 0 Å². The van der Waals surface area contributed by atoms with Gasteiger partial charge in [-0.1, -0.05) is 6.07 Å². The first kappa shape index (κ1) is 14.2. The average Bonchev–Trinajstić information content (AvgIpc) is 3.19. The molecule has 2 aromatic rings. The molecule has 0 aliphatic heterocycles. The smallest absolute Gasteiger partial charge is 0.243 e. The predicted octanol–water partition coefficient (Wildman–Crippen LogP) is 2.52. The van der Waals surface area contributed by atoms with Gasteiger partial charge >= 0.3 is 0 Å². The summed E-state index contributed by atoms with van der Waals surface area (Å²) in [4.78, 5) is 0.234. The van der Waals surface area contributed by atoms with Crippen LogP contribution in [0.15, 0.2) is 45.7 Å². The second-order valence-corrected chi connectivity index (χ2v) is 7.26. The molecular formula is C15H18N2O3S. The molecule has 1 saturated carbocycles. The van der Waals surface area contributed by atoms with Gasteiger partial charge in [-0.15, -0.1) is 0 Å². The zero-order chi connectivity index (χ0) is 15.0. The predicted molar refractivity (Wildman–Crippen MR) is 80.1 cm³/mol. The molecule has 0 unspecified atom stereocenters. The number of benzene rings is 1. The molecule has 0 spiro atoms. The second-order valence-electron chi connectivity index (χ2n) is 5.37. The third kappa shape index (κ3) is 2.96. The highest BCUT2D eigenvalue weighted by Gasteiger charge is 2.38. The van der Waals surface area contributed by atoms with Crippen molar-refractivity contribution in [1.29, 1.82) is 0 Å². The Morgan fingerprint density at radius 2 is 2.05 bits per heavy atom. The fraction of sp³-hybridized carbons (Fsp3) is 0.333. The molecule has 1 aromatic carbocycles. The molecule has 1 aromatic heterocycles. The van der Waals surface area contributed by atoms with E-state index in [1.807, 2.05) is 19.1 Å². The van der Waals surface area contributed by atoms with Gasteiger partial charge in [0.2, 0.25) is 10.0 Å². The molecule has 1 heterocycles. The minimum absolute atomic E-state index is 0.0573. The molecule has 0 bridgehead atoms. The van der Waals surface area contributed by atoms with Crippen LogP contribution in [0, 0.1) is 6.92 Å². The van der Waals surface area contributed by atoms with Gasteiger partial charge in [-0.2, -0.15) is 4.31 Å². The van der Waals surface area contributed by atoms with Crippen LogP contribution in [0.3, 0.4) is 0 Å². The molecule has 112 valence electrons. The summed E-state index contributed by atoms with van der Waals surface area (Å²) in [6, 6.07) is 10.1. The van der Waals surface area contributed by atoms with Gasteiger partial charge in [0.1, 0.15) is 11.5 Å². The number of furan rings is 1. The van der Waals surface area contributed by atoms with Crippen molar-refractivity contribution in [3.63, 3.8) is 0 Å². The van der Waals surface area contributed by atoms with Gasteiger partial charge in [0.25, 0.3) is 0 Å². The summed E-state index contributed by atoms with van der Waals surface area (Å²) < 4.78 is 32.6. The number of rotatable bonds is 5. The molecule has 2 N–H and O–H groups in total. The number of nitrogen functional groups attached to an aromatic ring is 1. The van der Waals surface area contributed by atoms with E-state index in [1.54, 1.807) is 18.2 Å². The number of nitrogens with zero attached hydrogens (tertiary/aromatic N) is 1. The summed E-state index contributed by atoms with van der Waals surface area (Å²) >= 11 is 0. The van der Waals surface area contributed by atoms with Gasteiger partial charge < -0.3 is 10.2 Å². The summed E-state index contributed by atoms with van der Waals surface area (Å²) in [7, 11) is -3.56. The van der Waals surface area contributed by atoms with Crippen molar-refractivity contribution in [2.24, 2.45) is 0 Å². The molecular weight excluding hydrogens is 288 g/mol. The maximum Gasteiger partial charge on any atom is 0.243 e. The van der Waals surface area contributed by atoms with Crippen molar-refractivity contribution in [3.8, 4) is 0 Å². The maximum absolute atomic E-state index is 12.8. The highest BCUT2D eigenvalue weighted by Crippen LogP contribution is 2.34. The fourth-order valence-corrected chi connectivity index (χ4v) is 4.01. The van der Waals surface area contributed by atoms with Crippen molar-refractivity contribution in [1.82, 2.24) is 4.31 Å². The highest BCUT2D eigenvalue weighted by molar-refractivity contribution is 7.89. The Bertz CT molecular complexity index is 748. The summed E-state index contributed by atoms with van der Waals surface area (Å²) in [5.74, 6) is 1.44. The Morgan fingerprint density at radius 3 is 2.62 bits per heavy atom. The molecule has 1 aliphatic carbocycles. The lowest BCUT2D eigenvalue weighted by Gasteiger charge is -2.21. The summed E-state index contributed by atoms with van der Waals surface area (Å²) in [5, 5.41) is 0. The van der Waals surface area contributed by atoms with Crippen LogP contribution in [0.1, 0.15) is 24.4 Å². The SMILES string of the molecule is Cc1ccc(CN(C2CC2)S(=O)(=O)c2cccc(N)c2)o1. The monoisotopic (exact) mass is 306 g/mol. The Hall–Kier alpha value is -1.79. The van der Waals surface area contributed by atoms with Crippen molar-refractivity contribution < 1.29 is 12.8 Å². The van der Waals surface area contributed by atoms with Crippen LogP contribution >= 0.6 is 0 Å². The summed E-state index contributed by atoms with van der Waals surface area (Å²) in [6.07, 6.45) is 1.78. The zero-order valence-electron chi connectivity index (χ0n) is 11.8. The van der Waals surface area contributed by atoms with Crippen LogP contribution < -0.4 is 5.73 Å². The van der Waals surface area contributed by atoms with Crippen LogP contribution in [0.5, 0.6) is 0 Å². The number of aryl methyl sites for hydroxylation is 1.